The molecular formula is C15H14N4O5S2. The molecule has 0 spiro atoms. The zero-order valence-corrected chi connectivity index (χ0v) is 15.7. The first-order chi connectivity index (χ1) is 12.3. The summed E-state index contributed by atoms with van der Waals surface area (Å²) >= 11 is 2.25. The van der Waals surface area contributed by atoms with Crippen LogP contribution in [0.5, 0.6) is 0 Å². The van der Waals surface area contributed by atoms with Crippen molar-refractivity contribution in [2.75, 3.05) is 12.4 Å². The third kappa shape index (κ3) is 3.30. The van der Waals surface area contributed by atoms with E-state index in [-0.39, 0.29) is 10.0 Å². The van der Waals surface area contributed by atoms with E-state index in [4.69, 9.17) is 0 Å². The molecule has 0 aliphatic heterocycles. The fourth-order valence-corrected chi connectivity index (χ4v) is 4.14. The lowest BCUT2D eigenvalue weighted by Gasteiger charge is -2.04. The van der Waals surface area contributed by atoms with Crippen molar-refractivity contribution in [1.29, 1.82) is 0 Å². The largest absolute Gasteiger partial charge is 0.465 e. The van der Waals surface area contributed by atoms with Crippen LogP contribution in [0.3, 0.4) is 0 Å². The van der Waals surface area contributed by atoms with Crippen molar-refractivity contribution in [2.24, 2.45) is 0 Å². The highest BCUT2D eigenvalue weighted by Gasteiger charge is 2.18. The topological polar surface area (TPSA) is 123 Å². The summed E-state index contributed by atoms with van der Waals surface area (Å²) in [6.45, 7) is 2.97. The van der Waals surface area contributed by atoms with Gasteiger partial charge in [-0.15, -0.1) is 11.3 Å². The van der Waals surface area contributed by atoms with Crippen LogP contribution in [0.25, 0.3) is 10.2 Å². The second-order valence-electron chi connectivity index (χ2n) is 5.39. The van der Waals surface area contributed by atoms with Crippen LogP contribution in [0.15, 0.2) is 15.7 Å². The number of aromatic amines is 1. The SMILES string of the molecule is COC(=O)c1sc(NC(=O)Cn2c(=O)[nH]c3sc(C)cc3c2=O)nc1C. The van der Waals surface area contributed by atoms with Gasteiger partial charge in [-0.25, -0.2) is 14.6 Å². The van der Waals surface area contributed by atoms with Crippen LogP contribution >= 0.6 is 22.7 Å². The van der Waals surface area contributed by atoms with Crippen molar-refractivity contribution in [3.63, 3.8) is 0 Å². The molecule has 0 saturated heterocycles. The van der Waals surface area contributed by atoms with Crippen LogP contribution in [0, 0.1) is 13.8 Å². The van der Waals surface area contributed by atoms with Gasteiger partial charge in [0.2, 0.25) is 5.91 Å². The maximum absolute atomic E-state index is 12.4. The average Bonchev–Trinajstić information content (AvgIpc) is 3.12. The highest BCUT2D eigenvalue weighted by molar-refractivity contribution is 7.18. The van der Waals surface area contributed by atoms with E-state index in [1.807, 2.05) is 6.92 Å². The molecule has 0 unspecified atom stereocenters. The van der Waals surface area contributed by atoms with Gasteiger partial charge >= 0.3 is 11.7 Å². The van der Waals surface area contributed by atoms with E-state index in [9.17, 15) is 19.2 Å². The van der Waals surface area contributed by atoms with Gasteiger partial charge in [0.25, 0.3) is 5.56 Å². The molecule has 11 heteroatoms. The number of thiophene rings is 1. The van der Waals surface area contributed by atoms with Gasteiger partial charge in [0, 0.05) is 4.88 Å². The third-order valence-corrected chi connectivity index (χ3v) is 5.53. The number of methoxy groups -OCH3 is 1. The molecule has 3 aromatic rings. The number of ether oxygens (including phenoxy) is 1. The molecule has 0 radical (unpaired) electrons. The first-order valence-corrected chi connectivity index (χ1v) is 9.02. The summed E-state index contributed by atoms with van der Waals surface area (Å²) in [4.78, 5) is 56.6. The van der Waals surface area contributed by atoms with Crippen LogP contribution in [-0.4, -0.2) is 33.5 Å². The van der Waals surface area contributed by atoms with Gasteiger partial charge in [-0.2, -0.15) is 0 Å². The van der Waals surface area contributed by atoms with Crippen molar-refractivity contribution in [1.82, 2.24) is 14.5 Å². The number of hydrogen-bond donors (Lipinski definition) is 2. The second kappa shape index (κ2) is 6.84. The predicted octanol–water partition coefficient (Wildman–Crippen LogP) is 1.25. The second-order valence-corrected chi connectivity index (χ2v) is 7.65. The summed E-state index contributed by atoms with van der Waals surface area (Å²) in [6, 6.07) is 1.67. The van der Waals surface area contributed by atoms with Crippen LogP contribution < -0.4 is 16.6 Å². The summed E-state index contributed by atoms with van der Waals surface area (Å²) in [5.41, 5.74) is -0.777. The number of carbonyl (C=O) groups is 2. The summed E-state index contributed by atoms with van der Waals surface area (Å²) in [5.74, 6) is -1.15. The fraction of sp³-hybridized carbons (Fsp3) is 0.267. The number of esters is 1. The molecular weight excluding hydrogens is 380 g/mol. The molecule has 1 amide bonds. The van der Waals surface area contributed by atoms with Crippen molar-refractivity contribution in [3.8, 4) is 0 Å². The first-order valence-electron chi connectivity index (χ1n) is 7.39. The van der Waals surface area contributed by atoms with E-state index in [0.29, 0.717) is 15.9 Å². The molecule has 0 bridgehead atoms. The number of H-pyrrole nitrogens is 1. The molecule has 9 nitrogen and oxygen atoms in total. The maximum atomic E-state index is 12.4. The Bertz CT molecular complexity index is 1140. The Labute approximate surface area is 154 Å². The highest BCUT2D eigenvalue weighted by atomic mass is 32.1. The molecule has 3 rings (SSSR count). The molecule has 26 heavy (non-hydrogen) atoms. The Kier molecular flexibility index (Phi) is 4.74. The minimum Gasteiger partial charge on any atom is -0.465 e. The molecule has 0 aliphatic rings. The molecule has 0 fully saturated rings. The molecule has 0 atom stereocenters. The standard InChI is InChI=1S/C15H14N4O5S2/c1-6-4-8-11(25-6)18-15(23)19(12(8)21)5-9(20)17-14-16-7(2)10(26-14)13(22)24-3/h4H,5H2,1-3H3,(H,18,23)(H,16,17,20). The van der Waals surface area contributed by atoms with E-state index >= 15 is 0 Å². The fourth-order valence-electron chi connectivity index (χ4n) is 2.35. The van der Waals surface area contributed by atoms with E-state index in [1.165, 1.54) is 18.4 Å². The lowest BCUT2D eigenvalue weighted by atomic mass is 10.3. The number of amides is 1. The molecule has 136 valence electrons. The summed E-state index contributed by atoms with van der Waals surface area (Å²) in [6.07, 6.45) is 0. The molecule has 0 aromatic carbocycles. The number of carbonyl (C=O) groups excluding carboxylic acids is 2. The predicted molar refractivity (Wildman–Crippen MR) is 98.3 cm³/mol. The Balaban J connectivity index is 1.85. The average molecular weight is 394 g/mol. The summed E-state index contributed by atoms with van der Waals surface area (Å²) in [7, 11) is 1.25. The van der Waals surface area contributed by atoms with Crippen LogP contribution in [0.4, 0.5) is 5.13 Å². The number of fused-ring (bicyclic) bond motifs is 1. The molecule has 0 saturated carbocycles. The van der Waals surface area contributed by atoms with Gasteiger partial charge in [0.15, 0.2) is 5.13 Å². The monoisotopic (exact) mass is 394 g/mol. The number of anilines is 1. The molecule has 2 N–H and O–H groups in total. The van der Waals surface area contributed by atoms with Gasteiger partial charge in [-0.3, -0.25) is 19.1 Å². The van der Waals surface area contributed by atoms with E-state index in [0.717, 1.165) is 20.8 Å². The zero-order chi connectivity index (χ0) is 19.0. The lowest BCUT2D eigenvalue weighted by molar-refractivity contribution is -0.116. The molecule has 0 aliphatic carbocycles. The van der Waals surface area contributed by atoms with Crippen LogP contribution in [-0.2, 0) is 16.1 Å². The van der Waals surface area contributed by atoms with Gasteiger partial charge in [-0.05, 0) is 19.9 Å². The Morgan fingerprint density at radius 3 is 2.73 bits per heavy atom. The van der Waals surface area contributed by atoms with Crippen LogP contribution in [0.2, 0.25) is 0 Å². The van der Waals surface area contributed by atoms with Gasteiger partial charge in [-0.1, -0.05) is 11.3 Å². The van der Waals surface area contributed by atoms with E-state index in [1.54, 1.807) is 13.0 Å². The van der Waals surface area contributed by atoms with Crippen molar-refractivity contribution in [2.45, 2.75) is 20.4 Å². The Morgan fingerprint density at radius 2 is 2.04 bits per heavy atom. The number of nitrogens with zero attached hydrogens (tertiary/aromatic N) is 2. The highest BCUT2D eigenvalue weighted by Crippen LogP contribution is 2.23. The smallest absolute Gasteiger partial charge is 0.350 e. The van der Waals surface area contributed by atoms with Crippen molar-refractivity contribution in [3.05, 3.63) is 42.4 Å². The number of aryl methyl sites for hydroxylation is 2. The van der Waals surface area contributed by atoms with E-state index in [2.05, 4.69) is 20.0 Å². The molecule has 3 heterocycles. The normalized spacial score (nSPS) is 10.9. The number of thiazole rings is 1. The number of rotatable bonds is 4. The van der Waals surface area contributed by atoms with Gasteiger partial charge < -0.3 is 10.1 Å². The van der Waals surface area contributed by atoms with E-state index < -0.39 is 29.7 Å². The number of aromatic nitrogens is 3. The van der Waals surface area contributed by atoms with Crippen molar-refractivity contribution >= 4 is 49.9 Å². The van der Waals surface area contributed by atoms with Gasteiger partial charge in [0.1, 0.15) is 16.3 Å². The lowest BCUT2D eigenvalue weighted by Crippen LogP contribution is -2.38. The summed E-state index contributed by atoms with van der Waals surface area (Å²) < 4.78 is 5.46. The Morgan fingerprint density at radius 1 is 1.31 bits per heavy atom. The van der Waals surface area contributed by atoms with Gasteiger partial charge in [0.05, 0.1) is 18.2 Å². The number of hydrogen-bond acceptors (Lipinski definition) is 8. The van der Waals surface area contributed by atoms with Crippen LogP contribution in [0.1, 0.15) is 20.2 Å². The maximum Gasteiger partial charge on any atom is 0.350 e. The minimum atomic E-state index is -0.662. The molecule has 3 aromatic heterocycles. The summed E-state index contributed by atoms with van der Waals surface area (Å²) in [5, 5.41) is 3.03. The Hall–Kier alpha value is -2.79. The zero-order valence-electron chi connectivity index (χ0n) is 14.0. The minimum absolute atomic E-state index is 0.185. The first kappa shape index (κ1) is 18.0. The van der Waals surface area contributed by atoms with Crippen molar-refractivity contribution < 1.29 is 14.3 Å². The quantitative estimate of drug-likeness (QED) is 0.642. The third-order valence-electron chi connectivity index (χ3n) is 3.51. The number of nitrogens with one attached hydrogen (secondary N) is 2.